The van der Waals surface area contributed by atoms with E-state index in [2.05, 4.69) is 26.1 Å². The molecule has 1 aliphatic heterocycles. The number of carbonyl (C=O) groups excluding carboxylic acids is 2. The van der Waals surface area contributed by atoms with Gasteiger partial charge in [-0.3, -0.25) is 9.59 Å². The summed E-state index contributed by atoms with van der Waals surface area (Å²) >= 11 is 0. The summed E-state index contributed by atoms with van der Waals surface area (Å²) in [5.41, 5.74) is 5.78. The highest BCUT2D eigenvalue weighted by Gasteiger charge is 2.35. The third kappa shape index (κ3) is 5.47. The number of nitrogens with one attached hydrogen (secondary N) is 1. The molecule has 5 nitrogen and oxygen atoms in total. The second kappa shape index (κ2) is 8.32. The van der Waals surface area contributed by atoms with Crippen molar-refractivity contribution in [2.45, 2.75) is 59.3 Å². The minimum Gasteiger partial charge on any atom is -0.355 e. The summed E-state index contributed by atoms with van der Waals surface area (Å²) in [5, 5.41) is 2.86. The van der Waals surface area contributed by atoms with E-state index in [1.165, 1.54) is 6.42 Å². The van der Waals surface area contributed by atoms with Crippen LogP contribution in [0.4, 0.5) is 0 Å². The van der Waals surface area contributed by atoms with Crippen molar-refractivity contribution >= 4 is 11.8 Å². The largest absolute Gasteiger partial charge is 0.355 e. The highest BCUT2D eigenvalue weighted by atomic mass is 16.2. The Bertz CT molecular complexity index is 450. The van der Waals surface area contributed by atoms with Gasteiger partial charge in [0, 0.05) is 32.6 Å². The molecule has 3 atom stereocenters. The molecule has 1 saturated heterocycles. The summed E-state index contributed by atoms with van der Waals surface area (Å²) in [6, 6.07) is 0. The molecule has 1 aliphatic carbocycles. The lowest BCUT2D eigenvalue weighted by atomic mass is 9.67. The standard InChI is InChI=1S/C19H35N3O2/c1-14-9-15(12-19(2,3)11-14)10-17(23)22-8-4-5-16(13-22)18(24)21-7-6-20/h14-16H,4-13,20H2,1-3H3,(H,21,24). The van der Waals surface area contributed by atoms with Crippen molar-refractivity contribution in [3.8, 4) is 0 Å². The van der Waals surface area contributed by atoms with Crippen LogP contribution in [-0.2, 0) is 9.59 Å². The molecule has 3 N–H and O–H groups in total. The lowest BCUT2D eigenvalue weighted by Gasteiger charge is -2.40. The molecule has 0 aromatic heterocycles. The van der Waals surface area contributed by atoms with Gasteiger partial charge in [-0.25, -0.2) is 0 Å². The summed E-state index contributed by atoms with van der Waals surface area (Å²) in [6.07, 6.45) is 5.98. The number of piperidine rings is 1. The predicted octanol–water partition coefficient (Wildman–Crippen LogP) is 2.15. The van der Waals surface area contributed by atoms with E-state index in [-0.39, 0.29) is 17.7 Å². The fourth-order valence-corrected chi connectivity index (χ4v) is 4.83. The Balaban J connectivity index is 1.86. The maximum atomic E-state index is 12.7. The Labute approximate surface area is 146 Å². The average molecular weight is 338 g/mol. The number of nitrogens with two attached hydrogens (primary N) is 1. The summed E-state index contributed by atoms with van der Waals surface area (Å²) in [4.78, 5) is 26.8. The first-order valence-electron chi connectivity index (χ1n) is 9.56. The molecule has 2 amide bonds. The average Bonchev–Trinajstić information content (AvgIpc) is 2.50. The van der Waals surface area contributed by atoms with Crippen molar-refractivity contribution in [2.24, 2.45) is 28.9 Å². The van der Waals surface area contributed by atoms with Gasteiger partial charge in [0.15, 0.2) is 0 Å². The molecule has 3 unspecified atom stereocenters. The van der Waals surface area contributed by atoms with Gasteiger partial charge < -0.3 is 16.0 Å². The minimum atomic E-state index is -0.0732. The Hall–Kier alpha value is -1.10. The van der Waals surface area contributed by atoms with E-state index in [0.717, 1.165) is 32.2 Å². The van der Waals surface area contributed by atoms with E-state index in [1.54, 1.807) is 0 Å². The van der Waals surface area contributed by atoms with Gasteiger partial charge in [-0.05, 0) is 49.4 Å². The molecular formula is C19H35N3O2. The number of amides is 2. The van der Waals surface area contributed by atoms with Crippen LogP contribution in [0.2, 0.25) is 0 Å². The highest BCUT2D eigenvalue weighted by Crippen LogP contribution is 2.43. The number of hydrogen-bond donors (Lipinski definition) is 2. The molecule has 138 valence electrons. The lowest BCUT2D eigenvalue weighted by Crippen LogP contribution is -2.46. The zero-order valence-electron chi connectivity index (χ0n) is 15.6. The first-order valence-corrected chi connectivity index (χ1v) is 9.56. The Morgan fingerprint density at radius 1 is 1.29 bits per heavy atom. The molecule has 0 aromatic carbocycles. The van der Waals surface area contributed by atoms with Gasteiger partial charge in [-0.15, -0.1) is 0 Å². The molecule has 0 radical (unpaired) electrons. The van der Waals surface area contributed by atoms with Crippen LogP contribution in [0, 0.1) is 23.2 Å². The van der Waals surface area contributed by atoms with Crippen LogP contribution < -0.4 is 11.1 Å². The number of nitrogens with zero attached hydrogens (tertiary/aromatic N) is 1. The van der Waals surface area contributed by atoms with E-state index >= 15 is 0 Å². The number of rotatable bonds is 5. The van der Waals surface area contributed by atoms with Crippen molar-refractivity contribution in [1.29, 1.82) is 0 Å². The van der Waals surface area contributed by atoms with Gasteiger partial charge in [-0.2, -0.15) is 0 Å². The maximum absolute atomic E-state index is 12.7. The van der Waals surface area contributed by atoms with E-state index in [4.69, 9.17) is 5.73 Å². The molecule has 5 heteroatoms. The van der Waals surface area contributed by atoms with E-state index < -0.39 is 0 Å². The SMILES string of the molecule is CC1CC(CC(=O)N2CCCC(C(=O)NCCN)C2)CC(C)(C)C1. The van der Waals surface area contributed by atoms with Gasteiger partial charge >= 0.3 is 0 Å². The van der Waals surface area contributed by atoms with Gasteiger partial charge in [0.05, 0.1) is 5.92 Å². The first kappa shape index (κ1) is 19.2. The monoisotopic (exact) mass is 337 g/mol. The van der Waals surface area contributed by atoms with E-state index in [1.807, 2.05) is 4.90 Å². The predicted molar refractivity (Wildman–Crippen MR) is 96.3 cm³/mol. The van der Waals surface area contributed by atoms with Crippen molar-refractivity contribution in [2.75, 3.05) is 26.2 Å². The second-order valence-corrected chi connectivity index (χ2v) is 8.74. The number of hydrogen-bond acceptors (Lipinski definition) is 3. The fourth-order valence-electron chi connectivity index (χ4n) is 4.83. The molecule has 2 fully saturated rings. The third-order valence-electron chi connectivity index (χ3n) is 5.53. The smallest absolute Gasteiger partial charge is 0.224 e. The van der Waals surface area contributed by atoms with Crippen LogP contribution in [0.3, 0.4) is 0 Å². The third-order valence-corrected chi connectivity index (χ3v) is 5.53. The second-order valence-electron chi connectivity index (χ2n) is 8.74. The highest BCUT2D eigenvalue weighted by molar-refractivity contribution is 5.81. The quantitative estimate of drug-likeness (QED) is 0.807. The van der Waals surface area contributed by atoms with E-state index in [0.29, 0.717) is 43.3 Å². The van der Waals surface area contributed by atoms with Gasteiger partial charge in [0.25, 0.3) is 0 Å². The minimum absolute atomic E-state index is 0.0466. The number of carbonyl (C=O) groups is 2. The molecular weight excluding hydrogens is 302 g/mol. The van der Waals surface area contributed by atoms with Gasteiger partial charge in [-0.1, -0.05) is 20.8 Å². The molecule has 24 heavy (non-hydrogen) atoms. The number of likely N-dealkylation sites (tertiary alicyclic amines) is 1. The van der Waals surface area contributed by atoms with Crippen molar-refractivity contribution in [3.63, 3.8) is 0 Å². The van der Waals surface area contributed by atoms with Crippen LogP contribution in [0.25, 0.3) is 0 Å². The van der Waals surface area contributed by atoms with Gasteiger partial charge in [0.1, 0.15) is 0 Å². The summed E-state index contributed by atoms with van der Waals surface area (Å²) in [7, 11) is 0. The molecule has 0 aromatic rings. The maximum Gasteiger partial charge on any atom is 0.224 e. The summed E-state index contributed by atoms with van der Waals surface area (Å²) < 4.78 is 0. The first-order chi connectivity index (χ1) is 11.3. The van der Waals surface area contributed by atoms with E-state index in [9.17, 15) is 9.59 Å². The molecule has 0 bridgehead atoms. The normalized spacial score (nSPS) is 30.0. The van der Waals surface area contributed by atoms with Gasteiger partial charge in [0.2, 0.25) is 11.8 Å². The van der Waals surface area contributed by atoms with Crippen LogP contribution in [0.1, 0.15) is 59.3 Å². The summed E-state index contributed by atoms with van der Waals surface area (Å²) in [6.45, 7) is 9.27. The molecule has 2 aliphatic rings. The van der Waals surface area contributed by atoms with Crippen LogP contribution in [0.15, 0.2) is 0 Å². The molecule has 2 rings (SSSR count). The Morgan fingerprint density at radius 3 is 2.71 bits per heavy atom. The van der Waals surface area contributed by atoms with Crippen LogP contribution in [-0.4, -0.2) is 42.9 Å². The zero-order chi connectivity index (χ0) is 17.7. The molecule has 1 heterocycles. The topological polar surface area (TPSA) is 75.4 Å². The molecule has 1 saturated carbocycles. The fraction of sp³-hybridized carbons (Fsp3) is 0.895. The zero-order valence-corrected chi connectivity index (χ0v) is 15.6. The van der Waals surface area contributed by atoms with Crippen LogP contribution >= 0.6 is 0 Å². The Kier molecular flexibility index (Phi) is 6.67. The van der Waals surface area contributed by atoms with Crippen molar-refractivity contribution in [1.82, 2.24) is 10.2 Å². The summed E-state index contributed by atoms with van der Waals surface area (Å²) in [5.74, 6) is 1.40. The molecule has 0 spiro atoms. The lowest BCUT2D eigenvalue weighted by molar-refractivity contribution is -0.137. The van der Waals surface area contributed by atoms with Crippen LogP contribution in [0.5, 0.6) is 0 Å². The Morgan fingerprint density at radius 2 is 2.04 bits per heavy atom. The van der Waals surface area contributed by atoms with Crippen molar-refractivity contribution < 1.29 is 9.59 Å². The van der Waals surface area contributed by atoms with Crippen molar-refractivity contribution in [3.05, 3.63) is 0 Å².